The lowest BCUT2D eigenvalue weighted by Gasteiger charge is -2.21. The molecule has 3 N–H and O–H groups in total. The van der Waals surface area contributed by atoms with E-state index in [1.807, 2.05) is 30.3 Å². The molecule has 57 heavy (non-hydrogen) atoms. The van der Waals surface area contributed by atoms with Crippen LogP contribution in [0.4, 0.5) is 26.2 Å². The molecule has 13 heteroatoms. The number of hydrogen-bond donors (Lipinski definition) is 3. The third-order valence-corrected chi connectivity index (χ3v) is 7.93. The highest BCUT2D eigenvalue weighted by molar-refractivity contribution is 6.08. The summed E-state index contributed by atoms with van der Waals surface area (Å²) in [5.41, 5.74) is 2.26. The van der Waals surface area contributed by atoms with Crippen LogP contribution in [0, 0.1) is 5.82 Å². The smallest absolute Gasteiger partial charge is 0.412 e. The topological polar surface area (TPSA) is 151 Å². The van der Waals surface area contributed by atoms with Crippen molar-refractivity contribution in [3.8, 4) is 17.2 Å². The number of hydrogen-bond acceptors (Lipinski definition) is 9. The van der Waals surface area contributed by atoms with Crippen LogP contribution in [-0.4, -0.2) is 42.7 Å². The first-order valence-corrected chi connectivity index (χ1v) is 18.0. The minimum absolute atomic E-state index is 0.0260. The third kappa shape index (κ3) is 12.0. The maximum absolute atomic E-state index is 13.7. The molecule has 5 aromatic carbocycles. The lowest BCUT2D eigenvalue weighted by molar-refractivity contribution is 0.0597. The zero-order valence-electron chi connectivity index (χ0n) is 32.4. The van der Waals surface area contributed by atoms with E-state index < -0.39 is 35.3 Å². The molecule has 0 bridgehead atoms. The van der Waals surface area contributed by atoms with Gasteiger partial charge < -0.3 is 34.3 Å². The number of benzene rings is 5. The predicted molar refractivity (Wildman–Crippen MR) is 214 cm³/mol. The van der Waals surface area contributed by atoms with E-state index in [0.717, 1.165) is 5.56 Å². The molecule has 0 heterocycles. The molecular formula is C44H44FN3O9. The van der Waals surface area contributed by atoms with Crippen LogP contribution in [0.3, 0.4) is 0 Å². The number of methoxy groups -OCH3 is 1. The standard InChI is InChI=1S/C44H44FN3O9/c1-27(2)56-39-23-31(41(50)46-34-21-16-32(42(51)53-6)24-38(34)55-26-29-12-17-33(45)18-13-29)15-20-36(39)47-40(49)30-14-19-35(48-43(52)57-44(3,4)5)37(22-30)54-25-28-10-8-7-9-11-28/h7-24,27H,25-26H2,1-6H3,(H,46,50)(H,47,49)(H,48,52). The summed E-state index contributed by atoms with van der Waals surface area (Å²) in [4.78, 5) is 52.2. The summed E-state index contributed by atoms with van der Waals surface area (Å²) in [5.74, 6) is -1.40. The Kier molecular flexibility index (Phi) is 13.5. The molecule has 296 valence electrons. The number of esters is 1. The Balaban J connectivity index is 1.37. The lowest BCUT2D eigenvalue weighted by atomic mass is 10.1. The van der Waals surface area contributed by atoms with Gasteiger partial charge in [-0.1, -0.05) is 42.5 Å². The molecular weight excluding hydrogens is 733 g/mol. The summed E-state index contributed by atoms with van der Waals surface area (Å²) in [6.07, 6.45) is -1.01. The number of ether oxygens (including phenoxy) is 5. The minimum atomic E-state index is -0.734. The zero-order valence-corrected chi connectivity index (χ0v) is 32.4. The van der Waals surface area contributed by atoms with E-state index in [9.17, 15) is 23.6 Å². The van der Waals surface area contributed by atoms with Gasteiger partial charge in [0, 0.05) is 11.1 Å². The van der Waals surface area contributed by atoms with Gasteiger partial charge in [-0.15, -0.1) is 0 Å². The fourth-order valence-corrected chi connectivity index (χ4v) is 5.27. The minimum Gasteiger partial charge on any atom is -0.489 e. The van der Waals surface area contributed by atoms with Crippen molar-refractivity contribution in [3.05, 3.63) is 143 Å². The van der Waals surface area contributed by atoms with Crippen molar-refractivity contribution in [2.24, 2.45) is 0 Å². The second kappa shape index (κ2) is 18.6. The van der Waals surface area contributed by atoms with Crippen LogP contribution in [0.25, 0.3) is 0 Å². The summed E-state index contributed by atoms with van der Waals surface area (Å²) in [7, 11) is 1.25. The maximum Gasteiger partial charge on any atom is 0.412 e. The highest BCUT2D eigenvalue weighted by Gasteiger charge is 2.21. The molecule has 0 saturated heterocycles. The summed E-state index contributed by atoms with van der Waals surface area (Å²) in [6.45, 7) is 9.05. The second-order valence-electron chi connectivity index (χ2n) is 14.0. The number of carbonyl (C=O) groups is 4. The fourth-order valence-electron chi connectivity index (χ4n) is 5.27. The van der Waals surface area contributed by atoms with Crippen molar-refractivity contribution >= 4 is 40.9 Å². The van der Waals surface area contributed by atoms with Gasteiger partial charge in [-0.25, -0.2) is 14.0 Å². The first kappa shape index (κ1) is 41.3. The van der Waals surface area contributed by atoms with E-state index in [2.05, 4.69) is 16.0 Å². The van der Waals surface area contributed by atoms with Crippen LogP contribution in [0.5, 0.6) is 17.2 Å². The first-order chi connectivity index (χ1) is 27.2. The number of rotatable bonds is 14. The molecule has 0 saturated carbocycles. The zero-order chi connectivity index (χ0) is 41.1. The molecule has 0 aliphatic carbocycles. The molecule has 0 fully saturated rings. The largest absolute Gasteiger partial charge is 0.489 e. The lowest BCUT2D eigenvalue weighted by Crippen LogP contribution is -2.27. The number of nitrogens with one attached hydrogen (secondary N) is 3. The Morgan fingerprint density at radius 3 is 1.61 bits per heavy atom. The molecule has 0 atom stereocenters. The first-order valence-electron chi connectivity index (χ1n) is 18.0. The Hall–Kier alpha value is -6.89. The summed E-state index contributed by atoms with van der Waals surface area (Å²) >= 11 is 0. The predicted octanol–water partition coefficient (Wildman–Crippen LogP) is 9.41. The summed E-state index contributed by atoms with van der Waals surface area (Å²) in [6, 6.07) is 28.7. The molecule has 0 radical (unpaired) electrons. The molecule has 3 amide bonds. The highest BCUT2D eigenvalue weighted by Crippen LogP contribution is 2.32. The van der Waals surface area contributed by atoms with Crippen LogP contribution < -0.4 is 30.2 Å². The van der Waals surface area contributed by atoms with Gasteiger partial charge in [-0.2, -0.15) is 0 Å². The van der Waals surface area contributed by atoms with Crippen molar-refractivity contribution in [1.29, 1.82) is 0 Å². The highest BCUT2D eigenvalue weighted by atomic mass is 19.1. The van der Waals surface area contributed by atoms with Crippen LogP contribution in [-0.2, 0) is 22.7 Å². The third-order valence-electron chi connectivity index (χ3n) is 7.93. The van der Waals surface area contributed by atoms with E-state index >= 15 is 0 Å². The van der Waals surface area contributed by atoms with Gasteiger partial charge in [-0.3, -0.25) is 14.9 Å². The van der Waals surface area contributed by atoms with E-state index in [1.54, 1.807) is 58.9 Å². The number of halogens is 1. The van der Waals surface area contributed by atoms with Gasteiger partial charge in [0.15, 0.2) is 0 Å². The maximum atomic E-state index is 13.7. The van der Waals surface area contributed by atoms with Gasteiger partial charge in [0.25, 0.3) is 11.8 Å². The van der Waals surface area contributed by atoms with Gasteiger partial charge in [0.05, 0.1) is 35.8 Å². The van der Waals surface area contributed by atoms with Crippen molar-refractivity contribution in [1.82, 2.24) is 0 Å². The van der Waals surface area contributed by atoms with Crippen LogP contribution >= 0.6 is 0 Å². The van der Waals surface area contributed by atoms with Gasteiger partial charge in [0.1, 0.15) is 41.9 Å². The average molecular weight is 778 g/mol. The fraction of sp³-hybridized carbons (Fsp3) is 0.227. The molecule has 0 spiro atoms. The van der Waals surface area contributed by atoms with Gasteiger partial charge in [-0.05, 0) is 112 Å². The Morgan fingerprint density at radius 1 is 0.614 bits per heavy atom. The Bertz CT molecular complexity index is 2220. The molecule has 5 rings (SSSR count). The summed E-state index contributed by atoms with van der Waals surface area (Å²) in [5, 5.41) is 8.37. The SMILES string of the molecule is COC(=O)c1ccc(NC(=O)c2ccc(NC(=O)c3ccc(NC(=O)OC(C)(C)C)c(OCc4ccccc4)c3)c(OC(C)C)c2)c(OCc2ccc(F)cc2)c1. The summed E-state index contributed by atoms with van der Waals surface area (Å²) < 4.78 is 41.8. The monoisotopic (exact) mass is 777 g/mol. The second-order valence-corrected chi connectivity index (χ2v) is 14.0. The average Bonchev–Trinajstić information content (AvgIpc) is 3.17. The van der Waals surface area contributed by atoms with E-state index in [1.165, 1.54) is 61.7 Å². The molecule has 12 nitrogen and oxygen atoms in total. The Morgan fingerprint density at radius 2 is 1.09 bits per heavy atom. The number of carbonyl (C=O) groups excluding carboxylic acids is 4. The van der Waals surface area contributed by atoms with Crippen LogP contribution in [0.15, 0.2) is 109 Å². The molecule has 0 aliphatic rings. The van der Waals surface area contributed by atoms with Crippen molar-refractivity contribution in [2.45, 2.75) is 59.5 Å². The van der Waals surface area contributed by atoms with E-state index in [4.69, 9.17) is 23.7 Å². The van der Waals surface area contributed by atoms with Crippen LogP contribution in [0.1, 0.15) is 76.8 Å². The van der Waals surface area contributed by atoms with E-state index in [-0.39, 0.29) is 58.9 Å². The quantitative estimate of drug-likeness (QED) is 0.0937. The number of anilines is 3. The van der Waals surface area contributed by atoms with Crippen molar-refractivity contribution < 1.29 is 47.3 Å². The van der Waals surface area contributed by atoms with Crippen molar-refractivity contribution in [2.75, 3.05) is 23.1 Å². The molecule has 5 aromatic rings. The van der Waals surface area contributed by atoms with E-state index in [0.29, 0.717) is 16.9 Å². The Labute approximate surface area is 330 Å². The van der Waals surface area contributed by atoms with Gasteiger partial charge >= 0.3 is 12.1 Å². The number of amides is 3. The molecule has 0 unspecified atom stereocenters. The van der Waals surface area contributed by atoms with Crippen molar-refractivity contribution in [3.63, 3.8) is 0 Å². The molecule has 0 aromatic heterocycles. The van der Waals surface area contributed by atoms with Crippen LogP contribution in [0.2, 0.25) is 0 Å². The normalized spacial score (nSPS) is 10.9. The van der Waals surface area contributed by atoms with Gasteiger partial charge in [0.2, 0.25) is 0 Å². The molecule has 0 aliphatic heterocycles.